The van der Waals surface area contributed by atoms with Crippen molar-refractivity contribution in [1.29, 1.82) is 0 Å². The number of rotatable bonds is 4. The molecule has 0 bridgehead atoms. The maximum absolute atomic E-state index is 11.6. The van der Waals surface area contributed by atoms with Crippen LogP contribution in [-0.4, -0.2) is 56.9 Å². The monoisotopic (exact) mass is 234 g/mol. The summed E-state index contributed by atoms with van der Waals surface area (Å²) < 4.78 is 22.5. The molecule has 0 saturated carbocycles. The maximum atomic E-state index is 11.6. The van der Waals surface area contributed by atoms with Gasteiger partial charge in [-0.3, -0.25) is 4.79 Å². The van der Waals surface area contributed by atoms with Gasteiger partial charge >= 0.3 is 0 Å². The summed E-state index contributed by atoms with van der Waals surface area (Å²) in [6.45, 7) is 2.94. The highest BCUT2D eigenvalue weighted by molar-refractivity contribution is 7.91. The van der Waals surface area contributed by atoms with E-state index in [1.165, 1.54) is 0 Å². The molecule has 1 atom stereocenters. The molecule has 0 aromatic carbocycles. The Hall–Kier alpha value is -0.620. The molecule has 1 rings (SSSR count). The first-order valence-electron chi connectivity index (χ1n) is 5.13. The van der Waals surface area contributed by atoms with Gasteiger partial charge in [-0.1, -0.05) is 6.92 Å². The molecule has 1 unspecified atom stereocenters. The van der Waals surface area contributed by atoms with E-state index in [1.807, 2.05) is 6.92 Å². The van der Waals surface area contributed by atoms with Crippen molar-refractivity contribution in [2.75, 3.05) is 31.6 Å². The Morgan fingerprint density at radius 1 is 1.53 bits per heavy atom. The zero-order valence-corrected chi connectivity index (χ0v) is 10.0. The van der Waals surface area contributed by atoms with Crippen LogP contribution in [-0.2, 0) is 14.6 Å². The lowest BCUT2D eigenvalue weighted by atomic mass is 10.2. The van der Waals surface area contributed by atoms with Gasteiger partial charge in [0.2, 0.25) is 5.91 Å². The van der Waals surface area contributed by atoms with Crippen LogP contribution in [0.5, 0.6) is 0 Å². The van der Waals surface area contributed by atoms with Crippen molar-refractivity contribution in [2.45, 2.75) is 19.4 Å². The first-order valence-corrected chi connectivity index (χ1v) is 6.95. The number of hydrogen-bond donors (Lipinski definition) is 1. The number of nitrogens with zero attached hydrogens (tertiary/aromatic N) is 1. The Kier molecular flexibility index (Phi) is 4.10. The fraction of sp³-hybridized carbons (Fsp3) is 0.889. The topological polar surface area (TPSA) is 66.5 Å². The number of carbonyl (C=O) groups is 1. The van der Waals surface area contributed by atoms with Crippen molar-refractivity contribution < 1.29 is 13.2 Å². The fourth-order valence-electron chi connectivity index (χ4n) is 1.64. The van der Waals surface area contributed by atoms with Crippen molar-refractivity contribution in [1.82, 2.24) is 10.2 Å². The van der Waals surface area contributed by atoms with Gasteiger partial charge in [-0.05, 0) is 13.0 Å². The van der Waals surface area contributed by atoms with Crippen LogP contribution in [0.15, 0.2) is 0 Å². The van der Waals surface area contributed by atoms with Crippen LogP contribution in [0.3, 0.4) is 0 Å². The van der Waals surface area contributed by atoms with Crippen molar-refractivity contribution in [3.63, 3.8) is 0 Å². The molecule has 1 fully saturated rings. The van der Waals surface area contributed by atoms with E-state index < -0.39 is 9.84 Å². The predicted molar refractivity (Wildman–Crippen MR) is 58.4 cm³/mol. The smallest absolute Gasteiger partial charge is 0.236 e. The molecule has 88 valence electrons. The van der Waals surface area contributed by atoms with Crippen LogP contribution in [0.4, 0.5) is 0 Å². The van der Waals surface area contributed by atoms with Crippen LogP contribution in [0.25, 0.3) is 0 Å². The number of amides is 1. The lowest BCUT2D eigenvalue weighted by Gasteiger charge is -2.23. The summed E-state index contributed by atoms with van der Waals surface area (Å²) in [6, 6.07) is -0.138. The highest BCUT2D eigenvalue weighted by Gasteiger charge is 2.32. The molecule has 1 heterocycles. The number of sulfone groups is 1. The molecule has 1 amide bonds. The molecule has 1 aliphatic heterocycles. The molecule has 0 aromatic rings. The molecular weight excluding hydrogens is 216 g/mol. The minimum absolute atomic E-state index is 0.0426. The molecule has 0 aliphatic carbocycles. The van der Waals surface area contributed by atoms with Gasteiger partial charge in [-0.2, -0.15) is 0 Å². The van der Waals surface area contributed by atoms with Crippen molar-refractivity contribution in [2.24, 2.45) is 0 Å². The Morgan fingerprint density at radius 2 is 2.20 bits per heavy atom. The molecule has 0 aromatic heterocycles. The van der Waals surface area contributed by atoms with E-state index in [0.717, 1.165) is 6.54 Å². The first-order chi connectivity index (χ1) is 6.96. The number of nitrogens with one attached hydrogen (secondary N) is 1. The summed E-state index contributed by atoms with van der Waals surface area (Å²) in [4.78, 5) is 13.1. The van der Waals surface area contributed by atoms with Crippen molar-refractivity contribution in [3.05, 3.63) is 0 Å². The lowest BCUT2D eigenvalue weighted by molar-refractivity contribution is -0.130. The van der Waals surface area contributed by atoms with Gasteiger partial charge in [0.05, 0.1) is 18.1 Å². The zero-order valence-electron chi connectivity index (χ0n) is 9.19. The van der Waals surface area contributed by atoms with Gasteiger partial charge in [-0.25, -0.2) is 8.42 Å². The van der Waals surface area contributed by atoms with E-state index in [0.29, 0.717) is 6.42 Å². The third kappa shape index (κ3) is 3.46. The van der Waals surface area contributed by atoms with Crippen LogP contribution in [0, 0.1) is 0 Å². The minimum atomic E-state index is -2.91. The molecule has 1 saturated heterocycles. The summed E-state index contributed by atoms with van der Waals surface area (Å²) in [7, 11) is -1.24. The highest BCUT2D eigenvalue weighted by atomic mass is 32.2. The Labute approximate surface area is 90.7 Å². The van der Waals surface area contributed by atoms with Gasteiger partial charge in [0.25, 0.3) is 0 Å². The summed E-state index contributed by atoms with van der Waals surface area (Å²) in [5, 5.41) is 2.93. The summed E-state index contributed by atoms with van der Waals surface area (Å²) in [6.07, 6.45) is 0.566. The van der Waals surface area contributed by atoms with Crippen LogP contribution >= 0.6 is 0 Å². The Bertz CT molecular complexity index is 326. The predicted octanol–water partition coefficient (Wildman–Crippen LogP) is -0.759. The van der Waals surface area contributed by atoms with Gasteiger partial charge in [0, 0.05) is 13.1 Å². The first kappa shape index (κ1) is 12.4. The second-order valence-corrected chi connectivity index (χ2v) is 6.07. The molecule has 0 radical (unpaired) electrons. The van der Waals surface area contributed by atoms with E-state index in [2.05, 4.69) is 5.32 Å². The van der Waals surface area contributed by atoms with Gasteiger partial charge in [0.1, 0.15) is 0 Å². The van der Waals surface area contributed by atoms with Crippen LogP contribution in [0.2, 0.25) is 0 Å². The number of carbonyl (C=O) groups excluding carboxylic acids is 1. The molecule has 0 spiro atoms. The SMILES string of the molecule is CCNCC(=O)N(C)C1CCS(=O)(=O)C1. The third-order valence-electron chi connectivity index (χ3n) is 2.68. The lowest BCUT2D eigenvalue weighted by Crippen LogP contribution is -2.42. The second kappa shape index (κ2) is 4.94. The van der Waals surface area contributed by atoms with E-state index in [4.69, 9.17) is 0 Å². The van der Waals surface area contributed by atoms with Crippen molar-refractivity contribution in [3.8, 4) is 0 Å². The summed E-state index contributed by atoms with van der Waals surface area (Å²) in [5.41, 5.74) is 0. The number of hydrogen-bond acceptors (Lipinski definition) is 4. The highest BCUT2D eigenvalue weighted by Crippen LogP contribution is 2.16. The molecule has 1 N–H and O–H groups in total. The van der Waals surface area contributed by atoms with E-state index in [1.54, 1.807) is 11.9 Å². The average Bonchev–Trinajstić information content (AvgIpc) is 2.54. The summed E-state index contributed by atoms with van der Waals surface area (Å²) in [5.74, 6) is 0.275. The van der Waals surface area contributed by atoms with Gasteiger partial charge in [-0.15, -0.1) is 0 Å². The van der Waals surface area contributed by atoms with Crippen LogP contribution in [0.1, 0.15) is 13.3 Å². The van der Waals surface area contributed by atoms with E-state index in [-0.39, 0.29) is 30.0 Å². The van der Waals surface area contributed by atoms with Crippen LogP contribution < -0.4 is 5.32 Å². The summed E-state index contributed by atoms with van der Waals surface area (Å²) >= 11 is 0. The standard InChI is InChI=1S/C9H18N2O3S/c1-3-10-6-9(12)11(2)8-4-5-15(13,14)7-8/h8,10H,3-7H2,1-2H3. The largest absolute Gasteiger partial charge is 0.341 e. The van der Waals surface area contributed by atoms with E-state index in [9.17, 15) is 13.2 Å². The Balaban J connectivity index is 2.47. The Morgan fingerprint density at radius 3 is 2.67 bits per heavy atom. The zero-order chi connectivity index (χ0) is 11.5. The average molecular weight is 234 g/mol. The fourth-order valence-corrected chi connectivity index (χ4v) is 3.42. The van der Waals surface area contributed by atoms with Gasteiger partial charge < -0.3 is 10.2 Å². The van der Waals surface area contributed by atoms with Gasteiger partial charge in [0.15, 0.2) is 9.84 Å². The molecule has 1 aliphatic rings. The number of likely N-dealkylation sites (N-methyl/N-ethyl adjacent to an activating group) is 2. The third-order valence-corrected chi connectivity index (χ3v) is 4.43. The maximum Gasteiger partial charge on any atom is 0.236 e. The minimum Gasteiger partial charge on any atom is -0.341 e. The van der Waals surface area contributed by atoms with Crippen molar-refractivity contribution >= 4 is 15.7 Å². The second-order valence-electron chi connectivity index (χ2n) is 3.84. The molecule has 15 heavy (non-hydrogen) atoms. The molecular formula is C9H18N2O3S. The molecule has 5 nitrogen and oxygen atoms in total. The normalized spacial score (nSPS) is 24.0. The quantitative estimate of drug-likeness (QED) is 0.694. The van der Waals surface area contributed by atoms with E-state index >= 15 is 0 Å². The molecule has 6 heteroatoms.